The number of hydrogen-bond donors (Lipinski definition) is 1. The summed E-state index contributed by atoms with van der Waals surface area (Å²) in [4.78, 5) is 4.06. The lowest BCUT2D eigenvalue weighted by Gasteiger charge is -2.10. The molecule has 0 spiro atoms. The molecule has 1 aromatic carbocycles. The van der Waals surface area contributed by atoms with Gasteiger partial charge in [-0.1, -0.05) is 12.6 Å². The Balaban J connectivity index is 2.20. The lowest BCUT2D eigenvalue weighted by molar-refractivity contribution is -0.137. The van der Waals surface area contributed by atoms with Crippen molar-refractivity contribution in [1.29, 1.82) is 0 Å². The Morgan fingerprint density at radius 1 is 1.11 bits per heavy atom. The van der Waals surface area contributed by atoms with E-state index in [9.17, 15) is 13.2 Å². The van der Waals surface area contributed by atoms with Crippen LogP contribution in [0.1, 0.15) is 11.3 Å². The molecule has 1 aromatic heterocycles. The maximum atomic E-state index is 12.6. The van der Waals surface area contributed by atoms with Gasteiger partial charge in [-0.3, -0.25) is 4.98 Å². The molecule has 1 N–H and O–H groups in total. The Kier molecular flexibility index (Phi) is 3.55. The van der Waals surface area contributed by atoms with Gasteiger partial charge < -0.3 is 5.32 Å². The van der Waals surface area contributed by atoms with E-state index >= 15 is 0 Å². The van der Waals surface area contributed by atoms with Crippen molar-refractivity contribution in [2.75, 3.05) is 5.32 Å². The van der Waals surface area contributed by atoms with E-state index in [0.29, 0.717) is 17.1 Å². The highest BCUT2D eigenvalue weighted by Crippen LogP contribution is 2.31. The van der Waals surface area contributed by atoms with Crippen LogP contribution in [0.25, 0.3) is 6.08 Å². The Morgan fingerprint density at radius 2 is 1.89 bits per heavy atom. The second-order valence-electron chi connectivity index (χ2n) is 3.88. The maximum absolute atomic E-state index is 12.6. The van der Waals surface area contributed by atoms with Crippen LogP contribution in [0.2, 0.25) is 0 Å². The second-order valence-corrected chi connectivity index (χ2v) is 3.88. The first kappa shape index (κ1) is 13.1. The minimum Gasteiger partial charge on any atom is -0.354 e. The zero-order chi connectivity index (χ0) is 13.9. The third-order valence-corrected chi connectivity index (χ3v) is 2.47. The highest BCUT2D eigenvalue weighted by Gasteiger charge is 2.30. The molecule has 1 heterocycles. The molecule has 2 nitrogen and oxygen atoms in total. The zero-order valence-corrected chi connectivity index (χ0v) is 9.91. The fraction of sp³-hybridized carbons (Fsp3) is 0.0714. The molecule has 0 saturated carbocycles. The van der Waals surface area contributed by atoms with Gasteiger partial charge in [-0.05, 0) is 36.4 Å². The van der Waals surface area contributed by atoms with E-state index in [1.165, 1.54) is 12.3 Å². The molecule has 19 heavy (non-hydrogen) atoms. The van der Waals surface area contributed by atoms with Gasteiger partial charge in [-0.2, -0.15) is 13.2 Å². The lowest BCUT2D eigenvalue weighted by Crippen LogP contribution is -2.05. The number of hydrogen-bond acceptors (Lipinski definition) is 2. The molecule has 0 fully saturated rings. The fourth-order valence-corrected chi connectivity index (χ4v) is 1.54. The quantitative estimate of drug-likeness (QED) is 0.883. The van der Waals surface area contributed by atoms with Gasteiger partial charge in [0.15, 0.2) is 0 Å². The zero-order valence-electron chi connectivity index (χ0n) is 9.91. The highest BCUT2D eigenvalue weighted by atomic mass is 19.4. The van der Waals surface area contributed by atoms with Crippen LogP contribution in [-0.2, 0) is 6.18 Å². The molecule has 5 heteroatoms. The van der Waals surface area contributed by atoms with Crippen LogP contribution in [0, 0.1) is 0 Å². The standard InChI is InChI=1S/C14H11F3N2/c1-2-11-6-7-13(9-18-11)19-12-5-3-4-10(8-12)14(15,16)17/h2-9,19H,1H2. The smallest absolute Gasteiger partial charge is 0.354 e. The summed E-state index contributed by atoms with van der Waals surface area (Å²) in [5, 5.41) is 2.87. The van der Waals surface area contributed by atoms with Crippen molar-refractivity contribution in [2.24, 2.45) is 0 Å². The number of nitrogens with zero attached hydrogens (tertiary/aromatic N) is 1. The number of halogens is 3. The van der Waals surface area contributed by atoms with Crippen LogP contribution in [0.3, 0.4) is 0 Å². The molecule has 0 amide bonds. The number of benzene rings is 1. The van der Waals surface area contributed by atoms with Gasteiger partial charge in [0.05, 0.1) is 23.1 Å². The largest absolute Gasteiger partial charge is 0.416 e. The van der Waals surface area contributed by atoms with Gasteiger partial charge in [0.25, 0.3) is 0 Å². The van der Waals surface area contributed by atoms with E-state index in [1.807, 2.05) is 0 Å². The predicted octanol–water partition coefficient (Wildman–Crippen LogP) is 4.49. The Hall–Kier alpha value is -2.30. The molecule has 0 saturated heterocycles. The molecular formula is C14H11F3N2. The molecule has 0 aliphatic carbocycles. The molecular weight excluding hydrogens is 253 g/mol. The summed E-state index contributed by atoms with van der Waals surface area (Å²) in [6.07, 6.45) is -1.21. The Morgan fingerprint density at radius 3 is 2.47 bits per heavy atom. The van der Waals surface area contributed by atoms with Gasteiger partial charge in [-0.15, -0.1) is 0 Å². The number of rotatable bonds is 3. The van der Waals surface area contributed by atoms with Crippen molar-refractivity contribution in [3.8, 4) is 0 Å². The fourth-order valence-electron chi connectivity index (χ4n) is 1.54. The number of pyridine rings is 1. The van der Waals surface area contributed by atoms with Crippen molar-refractivity contribution >= 4 is 17.5 Å². The average molecular weight is 264 g/mol. The van der Waals surface area contributed by atoms with Gasteiger partial charge in [-0.25, -0.2) is 0 Å². The number of alkyl halides is 3. The van der Waals surface area contributed by atoms with Crippen molar-refractivity contribution in [1.82, 2.24) is 4.98 Å². The van der Waals surface area contributed by atoms with Gasteiger partial charge in [0.2, 0.25) is 0 Å². The molecule has 0 radical (unpaired) electrons. The summed E-state index contributed by atoms with van der Waals surface area (Å²) in [5.74, 6) is 0. The molecule has 0 bridgehead atoms. The first-order valence-electron chi connectivity index (χ1n) is 5.52. The van der Waals surface area contributed by atoms with Crippen LogP contribution in [0.15, 0.2) is 49.2 Å². The first-order valence-corrected chi connectivity index (χ1v) is 5.52. The Labute approximate surface area is 108 Å². The first-order chi connectivity index (χ1) is 8.99. The summed E-state index contributed by atoms with van der Waals surface area (Å²) in [6, 6.07) is 8.46. The van der Waals surface area contributed by atoms with Crippen molar-refractivity contribution in [3.63, 3.8) is 0 Å². The minimum absolute atomic E-state index is 0.364. The molecule has 2 rings (SSSR count). The van der Waals surface area contributed by atoms with Crippen LogP contribution < -0.4 is 5.32 Å². The molecule has 0 atom stereocenters. The topological polar surface area (TPSA) is 24.9 Å². The van der Waals surface area contributed by atoms with E-state index in [-0.39, 0.29) is 0 Å². The highest BCUT2D eigenvalue weighted by molar-refractivity contribution is 5.60. The van der Waals surface area contributed by atoms with E-state index in [2.05, 4.69) is 16.9 Å². The summed E-state index contributed by atoms with van der Waals surface area (Å²) < 4.78 is 37.7. The normalized spacial score (nSPS) is 11.1. The van der Waals surface area contributed by atoms with Crippen molar-refractivity contribution < 1.29 is 13.2 Å². The van der Waals surface area contributed by atoms with E-state index in [4.69, 9.17) is 0 Å². The number of nitrogens with one attached hydrogen (secondary N) is 1. The average Bonchev–Trinajstić information content (AvgIpc) is 2.39. The van der Waals surface area contributed by atoms with Crippen LogP contribution in [-0.4, -0.2) is 4.98 Å². The molecule has 2 aromatic rings. The van der Waals surface area contributed by atoms with Gasteiger partial charge in [0.1, 0.15) is 0 Å². The number of anilines is 2. The lowest BCUT2D eigenvalue weighted by atomic mass is 10.2. The predicted molar refractivity (Wildman–Crippen MR) is 69.1 cm³/mol. The van der Waals surface area contributed by atoms with E-state index < -0.39 is 11.7 Å². The third kappa shape index (κ3) is 3.34. The van der Waals surface area contributed by atoms with Crippen molar-refractivity contribution in [3.05, 3.63) is 60.4 Å². The van der Waals surface area contributed by atoms with Gasteiger partial charge in [0, 0.05) is 5.69 Å². The summed E-state index contributed by atoms with van der Waals surface area (Å²) in [7, 11) is 0. The van der Waals surface area contributed by atoms with Crippen LogP contribution in [0.5, 0.6) is 0 Å². The van der Waals surface area contributed by atoms with Gasteiger partial charge >= 0.3 is 6.18 Å². The minimum atomic E-state index is -4.34. The Bertz CT molecular complexity index is 574. The van der Waals surface area contributed by atoms with Crippen LogP contribution >= 0.6 is 0 Å². The van der Waals surface area contributed by atoms with Crippen molar-refractivity contribution in [2.45, 2.75) is 6.18 Å². The number of aromatic nitrogens is 1. The molecule has 0 aliphatic heterocycles. The summed E-state index contributed by atoms with van der Waals surface area (Å²) in [6.45, 7) is 3.58. The molecule has 0 aliphatic rings. The second kappa shape index (κ2) is 5.14. The van der Waals surface area contributed by atoms with Crippen LogP contribution in [0.4, 0.5) is 24.5 Å². The third-order valence-electron chi connectivity index (χ3n) is 2.47. The van der Waals surface area contributed by atoms with E-state index in [0.717, 1.165) is 12.1 Å². The maximum Gasteiger partial charge on any atom is 0.416 e. The summed E-state index contributed by atoms with van der Waals surface area (Å²) in [5.41, 5.74) is 0.996. The molecule has 0 unspecified atom stereocenters. The SMILES string of the molecule is C=Cc1ccc(Nc2cccc(C(F)(F)F)c2)cn1. The van der Waals surface area contributed by atoms with E-state index in [1.54, 1.807) is 24.3 Å². The monoisotopic (exact) mass is 264 g/mol. The molecule has 98 valence electrons. The summed E-state index contributed by atoms with van der Waals surface area (Å²) >= 11 is 0.